The van der Waals surface area contributed by atoms with Gasteiger partial charge in [-0.2, -0.15) is 0 Å². The maximum absolute atomic E-state index is 5.36. The van der Waals surface area contributed by atoms with E-state index in [9.17, 15) is 0 Å². The normalized spacial score (nSPS) is 11.5. The molecular formula is C29H20O. The second-order valence-electron chi connectivity index (χ2n) is 7.78. The van der Waals surface area contributed by atoms with Crippen molar-refractivity contribution in [2.24, 2.45) is 0 Å². The van der Waals surface area contributed by atoms with E-state index in [0.717, 1.165) is 5.75 Å². The fourth-order valence-corrected chi connectivity index (χ4v) is 4.62. The summed E-state index contributed by atoms with van der Waals surface area (Å²) in [6.07, 6.45) is 0. The maximum atomic E-state index is 5.36. The molecule has 0 fully saturated rings. The zero-order valence-corrected chi connectivity index (χ0v) is 16.7. The van der Waals surface area contributed by atoms with E-state index in [-0.39, 0.29) is 0 Å². The standard InChI is InChI=1S/C29H20O/c1-30-23-14-12-20-16-19(10-11-21(20)17-23)22-13-15-28-26-8-3-2-6-24(26)25-7-4-5-9-27(25)29(28)18-22/h2-18H,1H3. The average Bonchev–Trinajstić information content (AvgIpc) is 2.83. The molecule has 30 heavy (non-hydrogen) atoms. The van der Waals surface area contributed by atoms with Crippen LogP contribution in [0.4, 0.5) is 0 Å². The fraction of sp³-hybridized carbons (Fsp3) is 0.0345. The molecule has 0 bridgehead atoms. The molecule has 0 amide bonds. The minimum absolute atomic E-state index is 0.888. The van der Waals surface area contributed by atoms with Crippen LogP contribution in [0.1, 0.15) is 0 Å². The third kappa shape index (κ3) is 2.56. The molecular weight excluding hydrogens is 364 g/mol. The van der Waals surface area contributed by atoms with E-state index in [2.05, 4.69) is 97.1 Å². The molecule has 6 aromatic rings. The van der Waals surface area contributed by atoms with Gasteiger partial charge in [0.1, 0.15) is 5.75 Å². The minimum Gasteiger partial charge on any atom is -0.497 e. The zero-order valence-electron chi connectivity index (χ0n) is 16.7. The van der Waals surface area contributed by atoms with Gasteiger partial charge < -0.3 is 4.74 Å². The lowest BCUT2D eigenvalue weighted by Crippen LogP contribution is -1.86. The van der Waals surface area contributed by atoms with E-state index < -0.39 is 0 Å². The van der Waals surface area contributed by atoms with E-state index in [0.29, 0.717) is 0 Å². The van der Waals surface area contributed by atoms with Crippen molar-refractivity contribution in [2.75, 3.05) is 7.11 Å². The first kappa shape index (κ1) is 17.1. The first-order valence-corrected chi connectivity index (χ1v) is 10.2. The first-order valence-electron chi connectivity index (χ1n) is 10.2. The molecule has 0 saturated heterocycles. The number of hydrogen-bond acceptors (Lipinski definition) is 1. The molecule has 6 aromatic carbocycles. The van der Waals surface area contributed by atoms with E-state index in [1.54, 1.807) is 7.11 Å². The van der Waals surface area contributed by atoms with Gasteiger partial charge in [0, 0.05) is 0 Å². The number of ether oxygens (including phenoxy) is 1. The largest absolute Gasteiger partial charge is 0.497 e. The average molecular weight is 384 g/mol. The van der Waals surface area contributed by atoms with Crippen LogP contribution in [0, 0.1) is 0 Å². The third-order valence-corrected chi connectivity index (χ3v) is 6.12. The Labute approximate surface area is 175 Å². The molecule has 0 atom stereocenters. The van der Waals surface area contributed by atoms with Crippen molar-refractivity contribution in [3.8, 4) is 16.9 Å². The predicted octanol–water partition coefficient (Wildman–Crippen LogP) is 7.98. The lowest BCUT2D eigenvalue weighted by molar-refractivity contribution is 0.415. The molecule has 0 spiro atoms. The molecule has 0 saturated carbocycles. The molecule has 0 aliphatic carbocycles. The molecule has 6 rings (SSSR count). The van der Waals surface area contributed by atoms with Crippen LogP contribution < -0.4 is 4.74 Å². The summed E-state index contributed by atoms with van der Waals surface area (Å²) in [5.41, 5.74) is 2.47. The molecule has 0 aliphatic rings. The Morgan fingerprint density at radius 1 is 0.433 bits per heavy atom. The van der Waals surface area contributed by atoms with Gasteiger partial charge in [-0.25, -0.2) is 0 Å². The van der Waals surface area contributed by atoms with Crippen molar-refractivity contribution in [3.05, 3.63) is 103 Å². The van der Waals surface area contributed by atoms with Crippen LogP contribution in [0.5, 0.6) is 5.75 Å². The van der Waals surface area contributed by atoms with Gasteiger partial charge in [0.15, 0.2) is 0 Å². The number of rotatable bonds is 2. The highest BCUT2D eigenvalue weighted by Gasteiger charge is 2.09. The van der Waals surface area contributed by atoms with Crippen molar-refractivity contribution in [1.29, 1.82) is 0 Å². The molecule has 1 heteroatoms. The van der Waals surface area contributed by atoms with Gasteiger partial charge in [0.05, 0.1) is 7.11 Å². The number of methoxy groups -OCH3 is 1. The second-order valence-corrected chi connectivity index (χ2v) is 7.78. The Bertz CT molecular complexity index is 1540. The molecule has 0 aromatic heterocycles. The Balaban J connectivity index is 1.62. The van der Waals surface area contributed by atoms with E-state index in [1.165, 1.54) is 54.2 Å². The van der Waals surface area contributed by atoms with Crippen molar-refractivity contribution < 1.29 is 4.74 Å². The van der Waals surface area contributed by atoms with Crippen LogP contribution in [-0.4, -0.2) is 7.11 Å². The maximum Gasteiger partial charge on any atom is 0.119 e. The smallest absolute Gasteiger partial charge is 0.119 e. The van der Waals surface area contributed by atoms with Crippen LogP contribution >= 0.6 is 0 Å². The van der Waals surface area contributed by atoms with Gasteiger partial charge in [0.25, 0.3) is 0 Å². The first-order chi connectivity index (χ1) is 14.8. The predicted molar refractivity (Wildman–Crippen MR) is 128 cm³/mol. The topological polar surface area (TPSA) is 9.23 Å². The van der Waals surface area contributed by atoms with Crippen LogP contribution in [0.15, 0.2) is 103 Å². The molecule has 0 aliphatic heterocycles. The Kier molecular flexibility index (Phi) is 3.75. The summed E-state index contributed by atoms with van der Waals surface area (Å²) in [5, 5.41) is 10.3. The van der Waals surface area contributed by atoms with Gasteiger partial charge in [-0.05, 0) is 78.5 Å². The van der Waals surface area contributed by atoms with Crippen molar-refractivity contribution in [1.82, 2.24) is 0 Å². The Morgan fingerprint density at radius 3 is 1.60 bits per heavy atom. The van der Waals surface area contributed by atoms with E-state index >= 15 is 0 Å². The monoisotopic (exact) mass is 384 g/mol. The fourth-order valence-electron chi connectivity index (χ4n) is 4.62. The number of fused-ring (bicyclic) bond motifs is 7. The van der Waals surface area contributed by atoms with Gasteiger partial charge >= 0.3 is 0 Å². The highest BCUT2D eigenvalue weighted by Crippen LogP contribution is 2.37. The Hall–Kier alpha value is -3.84. The van der Waals surface area contributed by atoms with Crippen LogP contribution in [-0.2, 0) is 0 Å². The van der Waals surface area contributed by atoms with Crippen molar-refractivity contribution in [2.45, 2.75) is 0 Å². The highest BCUT2D eigenvalue weighted by atomic mass is 16.5. The van der Waals surface area contributed by atoms with Gasteiger partial charge in [-0.1, -0.05) is 78.9 Å². The summed E-state index contributed by atoms with van der Waals surface area (Å²) in [5.74, 6) is 0.888. The molecule has 1 nitrogen and oxygen atoms in total. The molecule has 142 valence electrons. The molecule has 0 unspecified atom stereocenters. The third-order valence-electron chi connectivity index (χ3n) is 6.12. The Morgan fingerprint density at radius 2 is 0.933 bits per heavy atom. The van der Waals surface area contributed by atoms with Crippen LogP contribution in [0.3, 0.4) is 0 Å². The van der Waals surface area contributed by atoms with Crippen LogP contribution in [0.2, 0.25) is 0 Å². The highest BCUT2D eigenvalue weighted by molar-refractivity contribution is 6.25. The van der Waals surface area contributed by atoms with Crippen LogP contribution in [0.25, 0.3) is 54.2 Å². The van der Waals surface area contributed by atoms with Gasteiger partial charge in [-0.15, -0.1) is 0 Å². The lowest BCUT2D eigenvalue weighted by Gasteiger charge is -2.12. The van der Waals surface area contributed by atoms with Crippen molar-refractivity contribution in [3.63, 3.8) is 0 Å². The summed E-state index contributed by atoms with van der Waals surface area (Å²) in [6.45, 7) is 0. The van der Waals surface area contributed by atoms with Gasteiger partial charge in [0.2, 0.25) is 0 Å². The zero-order chi connectivity index (χ0) is 20.1. The van der Waals surface area contributed by atoms with Crippen molar-refractivity contribution >= 4 is 43.1 Å². The second kappa shape index (κ2) is 6.60. The summed E-state index contributed by atoms with van der Waals surface area (Å²) < 4.78 is 5.36. The summed E-state index contributed by atoms with van der Waals surface area (Å²) in [7, 11) is 1.71. The SMILES string of the molecule is COc1ccc2cc(-c3ccc4c5ccccc5c5ccccc5c4c3)ccc2c1. The summed E-state index contributed by atoms with van der Waals surface area (Å²) >= 11 is 0. The molecule has 0 heterocycles. The molecule has 0 N–H and O–H groups in total. The quantitative estimate of drug-likeness (QED) is 0.275. The summed E-state index contributed by atoms with van der Waals surface area (Å²) in [4.78, 5) is 0. The van der Waals surface area contributed by atoms with E-state index in [1.807, 2.05) is 6.07 Å². The summed E-state index contributed by atoms with van der Waals surface area (Å²) in [6, 6.07) is 37.2. The minimum atomic E-state index is 0.888. The number of hydrogen-bond donors (Lipinski definition) is 0. The molecule has 0 radical (unpaired) electrons. The van der Waals surface area contributed by atoms with E-state index in [4.69, 9.17) is 4.74 Å². The lowest BCUT2D eigenvalue weighted by atomic mass is 9.92. The van der Waals surface area contributed by atoms with Gasteiger partial charge in [-0.3, -0.25) is 0 Å². The number of benzene rings is 6.